The molecule has 0 bridgehead atoms. The van der Waals surface area contributed by atoms with E-state index in [1.165, 1.54) is 69.0 Å². The quantitative estimate of drug-likeness (QED) is 0.200. The van der Waals surface area contributed by atoms with Crippen LogP contribution in [0.5, 0.6) is 0 Å². The van der Waals surface area contributed by atoms with Crippen LogP contribution < -0.4 is 0 Å². The van der Waals surface area contributed by atoms with Crippen molar-refractivity contribution < 1.29 is 0 Å². The van der Waals surface area contributed by atoms with E-state index < -0.39 is 0 Å². The third-order valence-corrected chi connectivity index (χ3v) is 9.71. The lowest BCUT2D eigenvalue weighted by Crippen LogP contribution is -1.89. The van der Waals surface area contributed by atoms with Gasteiger partial charge in [-0.05, 0) is 39.2 Å². The maximum atomic E-state index is 5.17. The molecule has 190 valence electrons. The first kappa shape index (κ1) is 22.7. The second-order valence-corrected chi connectivity index (χ2v) is 11.7. The van der Waals surface area contributed by atoms with Crippen molar-refractivity contribution in [3.63, 3.8) is 0 Å². The molecule has 0 spiro atoms. The fourth-order valence-corrected chi connectivity index (χ4v) is 7.99. The minimum atomic E-state index is 1.03. The summed E-state index contributed by atoms with van der Waals surface area (Å²) in [5, 5.41) is 11.5. The van der Waals surface area contributed by atoms with Gasteiger partial charge in [-0.15, -0.1) is 11.3 Å². The molecule has 9 aromatic rings. The lowest BCUT2D eigenvalue weighted by molar-refractivity contribution is 1.43. The normalized spacial score (nSPS) is 11.9. The molecule has 0 unspecified atom stereocenters. The first-order chi connectivity index (χ1) is 20.3. The van der Waals surface area contributed by atoms with Gasteiger partial charge in [0.2, 0.25) is 0 Å². The highest BCUT2D eigenvalue weighted by molar-refractivity contribution is 7.27. The number of thiophene rings is 1. The van der Waals surface area contributed by atoms with Gasteiger partial charge in [0.05, 0.1) is 11.2 Å². The number of nitrogens with zero attached hydrogens (tertiary/aromatic N) is 1. The van der Waals surface area contributed by atoms with E-state index in [-0.39, 0.29) is 0 Å². The Bertz CT molecular complexity index is 2470. The van der Waals surface area contributed by atoms with Crippen molar-refractivity contribution in [2.75, 3.05) is 0 Å². The van der Waals surface area contributed by atoms with Crippen LogP contribution in [-0.4, -0.2) is 4.98 Å². The molecule has 0 saturated heterocycles. The molecule has 9 rings (SSSR count). The molecule has 0 aliphatic carbocycles. The molecule has 0 aliphatic rings. The third kappa shape index (κ3) is 3.32. The van der Waals surface area contributed by atoms with Crippen LogP contribution >= 0.6 is 11.3 Å². The number of benzene rings is 7. The maximum Gasteiger partial charge on any atom is 0.0788 e. The van der Waals surface area contributed by atoms with Crippen LogP contribution in [0.1, 0.15) is 0 Å². The van der Waals surface area contributed by atoms with Gasteiger partial charge in [-0.3, -0.25) is 0 Å². The largest absolute Gasteiger partial charge is 0.247 e. The molecular weight excluding hydrogens is 515 g/mol. The fourth-order valence-electron chi connectivity index (χ4n) is 6.60. The molecular formula is C39H23NS. The molecule has 0 aliphatic heterocycles. The molecule has 41 heavy (non-hydrogen) atoms. The van der Waals surface area contributed by atoms with Gasteiger partial charge in [-0.2, -0.15) is 0 Å². The summed E-state index contributed by atoms with van der Waals surface area (Å²) < 4.78 is 2.66. The second kappa shape index (κ2) is 8.72. The van der Waals surface area contributed by atoms with Crippen molar-refractivity contribution in [2.24, 2.45) is 0 Å². The first-order valence-electron chi connectivity index (χ1n) is 14.0. The third-order valence-electron chi connectivity index (χ3n) is 8.43. The summed E-state index contributed by atoms with van der Waals surface area (Å²) in [7, 11) is 0. The zero-order valence-electron chi connectivity index (χ0n) is 22.1. The van der Waals surface area contributed by atoms with E-state index in [4.69, 9.17) is 4.98 Å². The van der Waals surface area contributed by atoms with Crippen molar-refractivity contribution in [1.29, 1.82) is 0 Å². The molecule has 1 nitrogen and oxygen atoms in total. The van der Waals surface area contributed by atoms with Gasteiger partial charge in [0.15, 0.2) is 0 Å². The number of fused-ring (bicyclic) bond motifs is 10. The van der Waals surface area contributed by atoms with E-state index >= 15 is 0 Å². The highest BCUT2D eigenvalue weighted by Crippen LogP contribution is 2.47. The van der Waals surface area contributed by atoms with Crippen molar-refractivity contribution in [2.45, 2.75) is 0 Å². The molecule has 7 aromatic carbocycles. The standard InChI is InChI=1S/C39H23NS/c1-2-11-24(12-3-1)37-33-22-21-31-29-18-10-19-30(38(29)41-39(31)36(33)32-17-8-9-20-35(32)40-37)34-23-25-13-4-5-14-26(25)27-15-6-7-16-28(27)34/h1-23H. The Morgan fingerprint density at radius 1 is 0.415 bits per heavy atom. The maximum absolute atomic E-state index is 5.17. The molecule has 2 heterocycles. The molecule has 2 aromatic heterocycles. The Kier molecular flexibility index (Phi) is 4.84. The van der Waals surface area contributed by atoms with Gasteiger partial charge in [0.1, 0.15) is 0 Å². The monoisotopic (exact) mass is 537 g/mol. The van der Waals surface area contributed by atoms with Gasteiger partial charge in [-0.25, -0.2) is 4.98 Å². The number of hydrogen-bond acceptors (Lipinski definition) is 2. The predicted molar refractivity (Wildman–Crippen MR) is 178 cm³/mol. The van der Waals surface area contributed by atoms with Gasteiger partial charge in [0, 0.05) is 47.5 Å². The van der Waals surface area contributed by atoms with Crippen LogP contribution in [0.25, 0.3) is 85.8 Å². The summed E-state index contributed by atoms with van der Waals surface area (Å²) in [4.78, 5) is 5.17. The Morgan fingerprint density at radius 2 is 1.07 bits per heavy atom. The van der Waals surface area contributed by atoms with E-state index in [0.717, 1.165) is 16.8 Å². The van der Waals surface area contributed by atoms with Gasteiger partial charge in [0.25, 0.3) is 0 Å². The Labute approximate surface area is 240 Å². The molecule has 0 N–H and O–H groups in total. The van der Waals surface area contributed by atoms with Crippen LogP contribution in [0, 0.1) is 0 Å². The number of para-hydroxylation sites is 1. The second-order valence-electron chi connectivity index (χ2n) is 10.7. The van der Waals surface area contributed by atoms with Crippen molar-refractivity contribution in [3.8, 4) is 22.4 Å². The van der Waals surface area contributed by atoms with E-state index in [0.29, 0.717) is 0 Å². The minimum absolute atomic E-state index is 1.03. The van der Waals surface area contributed by atoms with E-state index in [2.05, 4.69) is 140 Å². The molecule has 0 saturated carbocycles. The average molecular weight is 538 g/mol. The zero-order valence-corrected chi connectivity index (χ0v) is 23.0. The summed E-state index contributed by atoms with van der Waals surface area (Å²) >= 11 is 1.92. The topological polar surface area (TPSA) is 12.9 Å². The number of pyridine rings is 1. The summed E-state index contributed by atoms with van der Waals surface area (Å²) in [6, 6.07) is 50.5. The highest BCUT2D eigenvalue weighted by atomic mass is 32.1. The average Bonchev–Trinajstić information content (AvgIpc) is 3.43. The van der Waals surface area contributed by atoms with E-state index in [1.807, 2.05) is 11.3 Å². The van der Waals surface area contributed by atoms with Gasteiger partial charge >= 0.3 is 0 Å². The molecule has 0 radical (unpaired) electrons. The smallest absolute Gasteiger partial charge is 0.0788 e. The molecule has 0 fully saturated rings. The number of hydrogen-bond donors (Lipinski definition) is 0. The van der Waals surface area contributed by atoms with E-state index in [9.17, 15) is 0 Å². The summed E-state index contributed by atoms with van der Waals surface area (Å²) in [5.74, 6) is 0. The summed E-state index contributed by atoms with van der Waals surface area (Å²) in [6.45, 7) is 0. The number of rotatable bonds is 2. The SMILES string of the molecule is c1ccc(-c2nc3ccccc3c3c2ccc2c4cccc(-c5cc6ccccc6c6ccccc56)c4sc23)cc1. The highest BCUT2D eigenvalue weighted by Gasteiger charge is 2.18. The lowest BCUT2D eigenvalue weighted by Gasteiger charge is -2.12. The Hall–Kier alpha value is -5.05. The van der Waals surface area contributed by atoms with E-state index in [1.54, 1.807) is 0 Å². The van der Waals surface area contributed by atoms with Crippen molar-refractivity contribution in [3.05, 3.63) is 140 Å². The summed E-state index contributed by atoms with van der Waals surface area (Å²) in [5.41, 5.74) is 5.80. The zero-order chi connectivity index (χ0) is 26.9. The first-order valence-corrected chi connectivity index (χ1v) is 14.8. The van der Waals surface area contributed by atoms with Crippen LogP contribution in [0.3, 0.4) is 0 Å². The molecule has 0 atom stereocenters. The minimum Gasteiger partial charge on any atom is -0.247 e. The fraction of sp³-hybridized carbons (Fsp3) is 0. The van der Waals surface area contributed by atoms with Gasteiger partial charge in [-0.1, -0.05) is 127 Å². The van der Waals surface area contributed by atoms with Crippen LogP contribution in [0.15, 0.2) is 140 Å². The predicted octanol–water partition coefficient (Wildman–Crippen LogP) is 11.4. The Balaban J connectivity index is 1.43. The van der Waals surface area contributed by atoms with Gasteiger partial charge < -0.3 is 0 Å². The van der Waals surface area contributed by atoms with Crippen LogP contribution in [-0.2, 0) is 0 Å². The lowest BCUT2D eigenvalue weighted by atomic mass is 9.92. The van der Waals surface area contributed by atoms with Crippen LogP contribution in [0.2, 0.25) is 0 Å². The van der Waals surface area contributed by atoms with Crippen molar-refractivity contribution in [1.82, 2.24) is 4.98 Å². The van der Waals surface area contributed by atoms with Crippen LogP contribution in [0.4, 0.5) is 0 Å². The van der Waals surface area contributed by atoms with Crippen molar-refractivity contribution >= 4 is 74.7 Å². The molecule has 0 amide bonds. The Morgan fingerprint density at radius 3 is 1.95 bits per heavy atom. The summed E-state index contributed by atoms with van der Waals surface area (Å²) in [6.07, 6.45) is 0. The molecule has 2 heteroatoms. The number of aromatic nitrogens is 1.